The van der Waals surface area contributed by atoms with E-state index in [1.54, 1.807) is 36.5 Å². The van der Waals surface area contributed by atoms with E-state index in [2.05, 4.69) is 4.98 Å². The molecule has 1 fully saturated rings. The molecule has 0 atom stereocenters. The molecule has 1 aromatic carbocycles. The molecule has 8 heteroatoms. The van der Waals surface area contributed by atoms with Crippen molar-refractivity contribution in [3.63, 3.8) is 0 Å². The second-order valence-electron chi connectivity index (χ2n) is 6.36. The van der Waals surface area contributed by atoms with Gasteiger partial charge in [-0.15, -0.1) is 0 Å². The number of hydrogen-bond donors (Lipinski definition) is 0. The van der Waals surface area contributed by atoms with Crippen molar-refractivity contribution < 1.29 is 17.9 Å². The van der Waals surface area contributed by atoms with Crippen LogP contribution in [0.1, 0.15) is 15.9 Å². The number of carbonyl (C=O) groups excluding carboxylic acids is 1. The van der Waals surface area contributed by atoms with Crippen molar-refractivity contribution in [2.24, 2.45) is 0 Å². The van der Waals surface area contributed by atoms with Crippen molar-refractivity contribution in [1.29, 1.82) is 0 Å². The number of amides is 1. The van der Waals surface area contributed by atoms with E-state index < -0.39 is 10.0 Å². The fourth-order valence-corrected chi connectivity index (χ4v) is 4.03. The summed E-state index contributed by atoms with van der Waals surface area (Å²) < 4.78 is 32.1. The number of nitrogens with zero attached hydrogens (tertiary/aromatic N) is 3. The van der Waals surface area contributed by atoms with Crippen molar-refractivity contribution in [1.82, 2.24) is 14.2 Å². The predicted molar refractivity (Wildman–Crippen MR) is 101 cm³/mol. The van der Waals surface area contributed by atoms with Gasteiger partial charge in [0.2, 0.25) is 10.0 Å². The van der Waals surface area contributed by atoms with Gasteiger partial charge in [-0.1, -0.05) is 0 Å². The summed E-state index contributed by atoms with van der Waals surface area (Å²) >= 11 is 0. The number of rotatable bonds is 6. The standard InChI is InChI=1S/C19H23N3O4S/c1-21(11-8-16-6-9-20-10-7-16)27(24,25)18-4-2-17(3-5-18)19(23)22-12-14-26-15-13-22/h2-7,9-10H,8,11-15H2,1H3. The third kappa shape index (κ3) is 4.71. The molecule has 0 N–H and O–H groups in total. The first-order chi connectivity index (χ1) is 13.0. The zero-order valence-corrected chi connectivity index (χ0v) is 16.1. The summed E-state index contributed by atoms with van der Waals surface area (Å²) in [5.41, 5.74) is 1.51. The van der Waals surface area contributed by atoms with E-state index >= 15 is 0 Å². The number of pyridine rings is 1. The summed E-state index contributed by atoms with van der Waals surface area (Å²) in [5, 5.41) is 0. The van der Waals surface area contributed by atoms with Crippen molar-refractivity contribution >= 4 is 15.9 Å². The van der Waals surface area contributed by atoms with Crippen LogP contribution in [0.3, 0.4) is 0 Å². The average Bonchev–Trinajstić information content (AvgIpc) is 2.73. The largest absolute Gasteiger partial charge is 0.378 e. The SMILES string of the molecule is CN(CCc1ccncc1)S(=O)(=O)c1ccc(C(=O)N2CCOCC2)cc1. The van der Waals surface area contributed by atoms with Crippen LogP contribution >= 0.6 is 0 Å². The van der Waals surface area contributed by atoms with Crippen molar-refractivity contribution in [3.05, 3.63) is 59.9 Å². The van der Waals surface area contributed by atoms with Gasteiger partial charge in [0.1, 0.15) is 0 Å². The minimum atomic E-state index is -3.60. The smallest absolute Gasteiger partial charge is 0.254 e. The third-order valence-corrected chi connectivity index (χ3v) is 6.44. The molecule has 3 rings (SSSR count). The van der Waals surface area contributed by atoms with E-state index in [4.69, 9.17) is 4.74 Å². The van der Waals surface area contributed by atoms with Crippen molar-refractivity contribution in [3.8, 4) is 0 Å². The number of likely N-dealkylation sites (N-methyl/N-ethyl adjacent to an activating group) is 1. The molecular weight excluding hydrogens is 366 g/mol. The first kappa shape index (κ1) is 19.5. The molecule has 27 heavy (non-hydrogen) atoms. The van der Waals surface area contributed by atoms with Gasteiger partial charge in [0, 0.05) is 44.6 Å². The number of benzene rings is 1. The van der Waals surface area contributed by atoms with E-state index in [0.717, 1.165) is 5.56 Å². The van der Waals surface area contributed by atoms with E-state index in [1.165, 1.54) is 16.4 Å². The second-order valence-corrected chi connectivity index (χ2v) is 8.41. The fraction of sp³-hybridized carbons (Fsp3) is 0.368. The van der Waals surface area contributed by atoms with Gasteiger partial charge in [-0.25, -0.2) is 12.7 Å². The molecule has 0 bridgehead atoms. The summed E-state index contributed by atoms with van der Waals surface area (Å²) in [6.45, 7) is 2.52. The van der Waals surface area contributed by atoms with Crippen molar-refractivity contribution in [2.75, 3.05) is 39.9 Å². The molecule has 2 aromatic rings. The second kappa shape index (κ2) is 8.60. The van der Waals surface area contributed by atoms with Crippen LogP contribution < -0.4 is 0 Å². The van der Waals surface area contributed by atoms with Crippen LogP contribution in [0.15, 0.2) is 53.7 Å². The van der Waals surface area contributed by atoms with E-state index in [1.807, 2.05) is 12.1 Å². The van der Waals surface area contributed by atoms with Crippen LogP contribution in [0.5, 0.6) is 0 Å². The predicted octanol–water partition coefficient (Wildman–Crippen LogP) is 1.42. The zero-order chi connectivity index (χ0) is 19.3. The van der Waals surface area contributed by atoms with Crippen LogP contribution in [0.2, 0.25) is 0 Å². The lowest BCUT2D eigenvalue weighted by molar-refractivity contribution is 0.0303. The molecule has 0 unspecified atom stereocenters. The Kier molecular flexibility index (Phi) is 6.20. The highest BCUT2D eigenvalue weighted by Gasteiger charge is 2.22. The molecule has 2 heterocycles. The third-order valence-electron chi connectivity index (χ3n) is 4.57. The minimum absolute atomic E-state index is 0.103. The summed E-state index contributed by atoms with van der Waals surface area (Å²) in [7, 11) is -2.04. The van der Waals surface area contributed by atoms with Crippen LogP contribution in [0, 0.1) is 0 Å². The molecule has 7 nitrogen and oxygen atoms in total. The number of sulfonamides is 1. The number of carbonyl (C=O) groups is 1. The van der Waals surface area contributed by atoms with Crippen LogP contribution in [-0.2, 0) is 21.2 Å². The van der Waals surface area contributed by atoms with Gasteiger partial charge in [-0.3, -0.25) is 9.78 Å². The molecule has 0 spiro atoms. The first-order valence-electron chi connectivity index (χ1n) is 8.81. The Balaban J connectivity index is 1.66. The number of morpholine rings is 1. The number of ether oxygens (including phenoxy) is 1. The van der Waals surface area contributed by atoms with Crippen molar-refractivity contribution in [2.45, 2.75) is 11.3 Å². The average molecular weight is 389 g/mol. The van der Waals surface area contributed by atoms with E-state index in [9.17, 15) is 13.2 Å². The van der Waals surface area contributed by atoms with Crippen LogP contribution in [-0.4, -0.2) is 68.4 Å². The first-order valence-corrected chi connectivity index (χ1v) is 10.2. The highest BCUT2D eigenvalue weighted by molar-refractivity contribution is 7.89. The van der Waals surface area contributed by atoms with Crippen LogP contribution in [0.4, 0.5) is 0 Å². The lowest BCUT2D eigenvalue weighted by atomic mass is 10.2. The van der Waals surface area contributed by atoms with Gasteiger partial charge < -0.3 is 9.64 Å². The number of aromatic nitrogens is 1. The summed E-state index contributed by atoms with van der Waals surface area (Å²) in [4.78, 5) is 18.3. The molecule has 144 valence electrons. The Hall–Kier alpha value is -2.29. The highest BCUT2D eigenvalue weighted by Crippen LogP contribution is 2.17. The lowest BCUT2D eigenvalue weighted by Crippen LogP contribution is -2.40. The maximum Gasteiger partial charge on any atom is 0.254 e. The zero-order valence-electron chi connectivity index (χ0n) is 15.2. The normalized spacial score (nSPS) is 15.1. The Bertz CT molecular complexity index is 864. The highest BCUT2D eigenvalue weighted by atomic mass is 32.2. The molecule has 1 saturated heterocycles. The monoisotopic (exact) mass is 389 g/mol. The molecule has 0 radical (unpaired) electrons. The molecular formula is C19H23N3O4S. The Morgan fingerprint density at radius 1 is 1.11 bits per heavy atom. The Morgan fingerprint density at radius 2 is 1.74 bits per heavy atom. The topological polar surface area (TPSA) is 79.8 Å². The summed E-state index contributed by atoms with van der Waals surface area (Å²) in [6, 6.07) is 9.86. The number of hydrogen-bond acceptors (Lipinski definition) is 5. The molecule has 1 aliphatic heterocycles. The van der Waals surface area contributed by atoms with Gasteiger partial charge in [0.05, 0.1) is 18.1 Å². The summed E-state index contributed by atoms with van der Waals surface area (Å²) in [5.74, 6) is -0.103. The van der Waals surface area contributed by atoms with Gasteiger partial charge in [-0.2, -0.15) is 0 Å². The Labute approximate surface area is 159 Å². The van der Waals surface area contributed by atoms with Gasteiger partial charge in [0.25, 0.3) is 5.91 Å². The van der Waals surface area contributed by atoms with Gasteiger partial charge in [0.15, 0.2) is 0 Å². The van der Waals surface area contributed by atoms with E-state index in [-0.39, 0.29) is 10.8 Å². The molecule has 1 amide bonds. The molecule has 0 aliphatic carbocycles. The Morgan fingerprint density at radius 3 is 2.37 bits per heavy atom. The van der Waals surface area contributed by atoms with Gasteiger partial charge in [-0.05, 0) is 48.4 Å². The summed E-state index contributed by atoms with van der Waals surface area (Å²) in [6.07, 6.45) is 3.98. The minimum Gasteiger partial charge on any atom is -0.378 e. The molecule has 1 aliphatic rings. The van der Waals surface area contributed by atoms with E-state index in [0.29, 0.717) is 44.8 Å². The fourth-order valence-electron chi connectivity index (χ4n) is 2.85. The van der Waals surface area contributed by atoms with Crippen LogP contribution in [0.25, 0.3) is 0 Å². The quantitative estimate of drug-likeness (QED) is 0.746. The maximum absolute atomic E-state index is 12.7. The molecule has 1 aromatic heterocycles. The lowest BCUT2D eigenvalue weighted by Gasteiger charge is -2.27. The van der Waals surface area contributed by atoms with Gasteiger partial charge >= 0.3 is 0 Å². The maximum atomic E-state index is 12.7. The molecule has 0 saturated carbocycles.